The van der Waals surface area contributed by atoms with E-state index in [1.807, 2.05) is 6.07 Å². The number of nitrogens with zero attached hydrogens (tertiary/aromatic N) is 1. The van der Waals surface area contributed by atoms with Crippen LogP contribution in [0.1, 0.15) is 28.0 Å². The second-order valence-corrected chi connectivity index (χ2v) is 5.08. The molecule has 0 aliphatic heterocycles. The van der Waals surface area contributed by atoms with Crippen LogP contribution in [-0.2, 0) is 12.8 Å². The number of benzene rings is 1. The molecule has 96 valence electrons. The molecular weight excluding hydrogens is 262 g/mol. The number of halogens is 1. The van der Waals surface area contributed by atoms with Crippen molar-refractivity contribution >= 4 is 17.6 Å². The van der Waals surface area contributed by atoms with E-state index in [0.717, 1.165) is 18.4 Å². The molecule has 1 N–H and O–H groups in total. The lowest BCUT2D eigenvalue weighted by Gasteiger charge is -2.06. The molecule has 1 aromatic heterocycles. The molecule has 19 heavy (non-hydrogen) atoms. The quantitative estimate of drug-likeness (QED) is 0.910. The molecule has 4 heteroatoms. The third-order valence-corrected chi connectivity index (χ3v) is 3.75. The van der Waals surface area contributed by atoms with Crippen molar-refractivity contribution in [3.8, 4) is 11.3 Å². The minimum atomic E-state index is -1.10. The van der Waals surface area contributed by atoms with Crippen molar-refractivity contribution < 1.29 is 9.90 Å². The Kier molecular flexibility index (Phi) is 2.99. The first-order chi connectivity index (χ1) is 9.15. The van der Waals surface area contributed by atoms with Crippen LogP contribution < -0.4 is 0 Å². The first kappa shape index (κ1) is 12.2. The zero-order chi connectivity index (χ0) is 13.4. The van der Waals surface area contributed by atoms with Crippen LogP contribution in [0.4, 0.5) is 0 Å². The largest absolute Gasteiger partial charge is 0.476 e. The number of rotatable bonds is 2. The van der Waals surface area contributed by atoms with Crippen LogP contribution in [0.5, 0.6) is 0 Å². The zero-order valence-electron chi connectivity index (χ0n) is 10.2. The second kappa shape index (κ2) is 4.67. The number of carboxylic acid groups (broad SMARTS) is 1. The fraction of sp³-hybridized carbons (Fsp3) is 0.200. The summed E-state index contributed by atoms with van der Waals surface area (Å²) in [6.45, 7) is 0. The first-order valence-electron chi connectivity index (χ1n) is 6.17. The molecule has 0 spiro atoms. The van der Waals surface area contributed by atoms with Crippen LogP contribution in [0, 0.1) is 0 Å². The van der Waals surface area contributed by atoms with Gasteiger partial charge in [-0.15, -0.1) is 0 Å². The van der Waals surface area contributed by atoms with E-state index in [9.17, 15) is 4.79 Å². The summed E-state index contributed by atoms with van der Waals surface area (Å²) in [5.41, 5.74) is 4.22. The van der Waals surface area contributed by atoms with Gasteiger partial charge in [0.1, 0.15) is 0 Å². The summed E-state index contributed by atoms with van der Waals surface area (Å²) in [5.74, 6) is -1.10. The summed E-state index contributed by atoms with van der Waals surface area (Å²) in [6, 6.07) is 9.54. The van der Waals surface area contributed by atoms with Gasteiger partial charge in [-0.25, -0.2) is 9.78 Å². The molecule has 0 saturated carbocycles. The van der Waals surface area contributed by atoms with Crippen LogP contribution in [0.25, 0.3) is 11.3 Å². The molecule has 0 unspecified atom stereocenters. The van der Waals surface area contributed by atoms with E-state index in [2.05, 4.69) is 17.1 Å². The summed E-state index contributed by atoms with van der Waals surface area (Å²) in [7, 11) is 0. The van der Waals surface area contributed by atoms with Gasteiger partial charge in [-0.05, 0) is 48.6 Å². The highest BCUT2D eigenvalue weighted by atomic mass is 35.5. The van der Waals surface area contributed by atoms with Crippen LogP contribution >= 0.6 is 11.6 Å². The number of aromatic carboxylic acids is 1. The Morgan fingerprint density at radius 2 is 1.95 bits per heavy atom. The average molecular weight is 274 g/mol. The highest BCUT2D eigenvalue weighted by Crippen LogP contribution is 2.28. The molecule has 3 rings (SSSR count). The van der Waals surface area contributed by atoms with E-state index >= 15 is 0 Å². The van der Waals surface area contributed by atoms with Crippen molar-refractivity contribution in [2.75, 3.05) is 0 Å². The van der Waals surface area contributed by atoms with E-state index < -0.39 is 5.97 Å². The lowest BCUT2D eigenvalue weighted by atomic mass is 10.0. The van der Waals surface area contributed by atoms with Crippen molar-refractivity contribution in [3.63, 3.8) is 0 Å². The number of carboxylic acids is 1. The third kappa shape index (κ3) is 2.22. The van der Waals surface area contributed by atoms with Crippen LogP contribution in [0.3, 0.4) is 0 Å². The molecule has 0 saturated heterocycles. The maximum atomic E-state index is 11.0. The van der Waals surface area contributed by atoms with Gasteiger partial charge in [0.2, 0.25) is 0 Å². The molecule has 0 bridgehead atoms. The van der Waals surface area contributed by atoms with Crippen LogP contribution in [0.2, 0.25) is 5.02 Å². The number of fused-ring (bicyclic) bond motifs is 1. The summed E-state index contributed by atoms with van der Waals surface area (Å²) >= 11 is 5.83. The average Bonchev–Trinajstić information content (AvgIpc) is 2.86. The number of aryl methyl sites for hydroxylation is 2. The predicted molar refractivity (Wildman–Crippen MR) is 73.7 cm³/mol. The topological polar surface area (TPSA) is 50.2 Å². The Labute approximate surface area is 115 Å². The van der Waals surface area contributed by atoms with Crippen molar-refractivity contribution in [1.29, 1.82) is 0 Å². The smallest absolute Gasteiger partial charge is 0.356 e. The minimum Gasteiger partial charge on any atom is -0.476 e. The number of pyridine rings is 1. The number of hydrogen-bond acceptors (Lipinski definition) is 2. The maximum Gasteiger partial charge on any atom is 0.356 e. The molecule has 2 aromatic rings. The van der Waals surface area contributed by atoms with Gasteiger partial charge in [-0.2, -0.15) is 0 Å². The fourth-order valence-electron chi connectivity index (χ4n) is 2.48. The van der Waals surface area contributed by atoms with Gasteiger partial charge >= 0.3 is 5.97 Å². The molecule has 0 atom stereocenters. The van der Waals surface area contributed by atoms with Gasteiger partial charge in [-0.1, -0.05) is 23.7 Å². The highest BCUT2D eigenvalue weighted by molar-refractivity contribution is 6.33. The fourth-order valence-corrected chi connectivity index (χ4v) is 2.67. The van der Waals surface area contributed by atoms with E-state index in [4.69, 9.17) is 16.7 Å². The lowest BCUT2D eigenvalue weighted by Crippen LogP contribution is -2.02. The van der Waals surface area contributed by atoms with Gasteiger partial charge in [0.25, 0.3) is 0 Å². The SMILES string of the molecule is O=C(O)c1nc(-c2ccc3c(c2)CCC3)ccc1Cl. The van der Waals surface area contributed by atoms with Crippen molar-refractivity contribution in [1.82, 2.24) is 4.98 Å². The molecule has 1 aliphatic rings. The summed E-state index contributed by atoms with van der Waals surface area (Å²) in [4.78, 5) is 15.2. The molecular formula is C15H12ClNO2. The number of aromatic nitrogens is 1. The van der Waals surface area contributed by atoms with Crippen molar-refractivity contribution in [3.05, 3.63) is 52.2 Å². The van der Waals surface area contributed by atoms with Gasteiger partial charge in [0, 0.05) is 5.56 Å². The van der Waals surface area contributed by atoms with E-state index in [-0.39, 0.29) is 10.7 Å². The van der Waals surface area contributed by atoms with Gasteiger partial charge in [0.05, 0.1) is 10.7 Å². The molecule has 0 radical (unpaired) electrons. The Morgan fingerprint density at radius 1 is 1.16 bits per heavy atom. The number of hydrogen-bond donors (Lipinski definition) is 1. The van der Waals surface area contributed by atoms with Crippen molar-refractivity contribution in [2.24, 2.45) is 0 Å². The normalized spacial score (nSPS) is 13.3. The third-order valence-electron chi connectivity index (χ3n) is 3.44. The number of carbonyl (C=O) groups is 1. The predicted octanol–water partition coefficient (Wildman–Crippen LogP) is 3.59. The van der Waals surface area contributed by atoms with Gasteiger partial charge < -0.3 is 5.11 Å². The Morgan fingerprint density at radius 3 is 2.74 bits per heavy atom. The molecule has 1 heterocycles. The van der Waals surface area contributed by atoms with Crippen LogP contribution in [0.15, 0.2) is 30.3 Å². The lowest BCUT2D eigenvalue weighted by molar-refractivity contribution is 0.0691. The molecule has 1 aromatic carbocycles. The van der Waals surface area contributed by atoms with Crippen LogP contribution in [-0.4, -0.2) is 16.1 Å². The second-order valence-electron chi connectivity index (χ2n) is 4.67. The standard InChI is InChI=1S/C15H12ClNO2/c16-12-6-7-13(17-14(12)15(18)19)11-5-4-9-2-1-3-10(9)8-11/h4-8H,1-3H2,(H,18,19). The Bertz CT molecular complexity index is 667. The van der Waals surface area contributed by atoms with Gasteiger partial charge in [0.15, 0.2) is 5.69 Å². The summed E-state index contributed by atoms with van der Waals surface area (Å²) in [6.07, 6.45) is 3.40. The summed E-state index contributed by atoms with van der Waals surface area (Å²) < 4.78 is 0. The Hall–Kier alpha value is -1.87. The molecule has 3 nitrogen and oxygen atoms in total. The molecule has 0 fully saturated rings. The maximum absolute atomic E-state index is 11.0. The minimum absolute atomic E-state index is 0.0975. The first-order valence-corrected chi connectivity index (χ1v) is 6.55. The van der Waals surface area contributed by atoms with E-state index in [1.165, 1.54) is 17.5 Å². The van der Waals surface area contributed by atoms with Crippen molar-refractivity contribution in [2.45, 2.75) is 19.3 Å². The van der Waals surface area contributed by atoms with E-state index in [0.29, 0.717) is 5.69 Å². The zero-order valence-corrected chi connectivity index (χ0v) is 10.9. The highest BCUT2D eigenvalue weighted by Gasteiger charge is 2.15. The molecule has 0 amide bonds. The summed E-state index contributed by atoms with van der Waals surface area (Å²) in [5, 5.41) is 9.21. The van der Waals surface area contributed by atoms with Gasteiger partial charge in [-0.3, -0.25) is 0 Å². The Balaban J connectivity index is 2.07. The molecule has 1 aliphatic carbocycles. The van der Waals surface area contributed by atoms with E-state index in [1.54, 1.807) is 12.1 Å². The monoisotopic (exact) mass is 273 g/mol.